The second-order valence-corrected chi connectivity index (χ2v) is 5.01. The van der Waals surface area contributed by atoms with Gasteiger partial charge in [0, 0.05) is 20.3 Å². The van der Waals surface area contributed by atoms with Crippen LogP contribution in [0, 0.1) is 21.3 Å². The molecule has 0 aliphatic heterocycles. The Kier molecular flexibility index (Phi) is 3.99. The van der Waals surface area contributed by atoms with E-state index in [-0.39, 0.29) is 11.1 Å². The first-order valence-electron chi connectivity index (χ1n) is 6.23. The van der Waals surface area contributed by atoms with E-state index in [1.165, 1.54) is 12.1 Å². The van der Waals surface area contributed by atoms with Crippen LogP contribution in [0.15, 0.2) is 18.2 Å². The summed E-state index contributed by atoms with van der Waals surface area (Å²) in [6, 6.07) is 3.58. The summed E-state index contributed by atoms with van der Waals surface area (Å²) < 4.78 is 18.1. The topological polar surface area (TPSA) is 64.4 Å². The van der Waals surface area contributed by atoms with Gasteiger partial charge in [0.25, 0.3) is 5.69 Å². The molecule has 104 valence electrons. The summed E-state index contributed by atoms with van der Waals surface area (Å²) in [5, 5.41) is 13.9. The summed E-state index contributed by atoms with van der Waals surface area (Å²) in [5.41, 5.74) is 0.329. The number of nitro benzene ring substituents is 1. The molecule has 19 heavy (non-hydrogen) atoms. The lowest BCUT2D eigenvalue weighted by Crippen LogP contribution is -2.17. The summed E-state index contributed by atoms with van der Waals surface area (Å²) in [6.07, 6.45) is 3.13. The zero-order chi connectivity index (χ0) is 13.9. The molecular formula is C13H17FN2O3. The zero-order valence-electron chi connectivity index (χ0n) is 10.8. The van der Waals surface area contributed by atoms with E-state index in [9.17, 15) is 14.5 Å². The Labute approximate surface area is 110 Å². The minimum Gasteiger partial charge on any atom is -0.385 e. The molecule has 6 heteroatoms. The van der Waals surface area contributed by atoms with Gasteiger partial charge in [-0.3, -0.25) is 10.1 Å². The smallest absolute Gasteiger partial charge is 0.295 e. The quantitative estimate of drug-likeness (QED) is 0.610. The van der Waals surface area contributed by atoms with Crippen molar-refractivity contribution in [3.05, 3.63) is 34.1 Å². The zero-order valence-corrected chi connectivity index (χ0v) is 10.8. The number of nitro groups is 1. The van der Waals surface area contributed by atoms with E-state index in [0.717, 1.165) is 25.3 Å². The molecule has 0 aromatic heterocycles. The van der Waals surface area contributed by atoms with E-state index in [2.05, 4.69) is 5.32 Å². The van der Waals surface area contributed by atoms with E-state index in [1.807, 2.05) is 0 Å². The number of halogens is 1. The Hall–Kier alpha value is -1.69. The van der Waals surface area contributed by atoms with E-state index in [4.69, 9.17) is 4.74 Å². The highest BCUT2D eigenvalue weighted by molar-refractivity contribution is 5.61. The van der Waals surface area contributed by atoms with Gasteiger partial charge in [-0.2, -0.15) is 0 Å². The largest absolute Gasteiger partial charge is 0.385 e. The van der Waals surface area contributed by atoms with Crippen molar-refractivity contribution < 1.29 is 14.1 Å². The van der Waals surface area contributed by atoms with Gasteiger partial charge < -0.3 is 10.1 Å². The fourth-order valence-corrected chi connectivity index (χ4v) is 2.10. The highest BCUT2D eigenvalue weighted by Gasteiger charge is 2.42. The molecule has 1 aliphatic carbocycles. The standard InChI is InChI=1S/C13H17FN2O3/c1-19-7-6-13(4-5-13)9-15-11-3-2-10(14)8-12(11)16(17)18/h2-3,8,15H,4-7,9H2,1H3. The molecule has 0 amide bonds. The Balaban J connectivity index is 2.01. The number of nitrogens with zero attached hydrogens (tertiary/aromatic N) is 1. The Morgan fingerprint density at radius 2 is 2.26 bits per heavy atom. The monoisotopic (exact) mass is 268 g/mol. The average molecular weight is 268 g/mol. The molecule has 1 aliphatic rings. The highest BCUT2D eigenvalue weighted by Crippen LogP contribution is 2.49. The number of rotatable bonds is 7. The number of benzene rings is 1. The molecule has 1 aromatic rings. The van der Waals surface area contributed by atoms with Crippen molar-refractivity contribution in [2.24, 2.45) is 5.41 Å². The molecule has 1 saturated carbocycles. The van der Waals surface area contributed by atoms with Crippen LogP contribution in [0.1, 0.15) is 19.3 Å². The van der Waals surface area contributed by atoms with Crippen LogP contribution >= 0.6 is 0 Å². The fourth-order valence-electron chi connectivity index (χ4n) is 2.10. The third-order valence-corrected chi connectivity index (χ3v) is 3.60. The number of anilines is 1. The maximum atomic E-state index is 13.0. The van der Waals surface area contributed by atoms with Crippen LogP contribution in [-0.4, -0.2) is 25.2 Å². The number of hydrogen-bond acceptors (Lipinski definition) is 4. The van der Waals surface area contributed by atoms with Gasteiger partial charge in [0.1, 0.15) is 11.5 Å². The van der Waals surface area contributed by atoms with Crippen LogP contribution in [0.4, 0.5) is 15.8 Å². The lowest BCUT2D eigenvalue weighted by atomic mass is 10.0. The van der Waals surface area contributed by atoms with Crippen LogP contribution in [0.2, 0.25) is 0 Å². The number of methoxy groups -OCH3 is 1. The second-order valence-electron chi connectivity index (χ2n) is 5.01. The van der Waals surface area contributed by atoms with Crippen molar-refractivity contribution in [2.75, 3.05) is 25.6 Å². The van der Waals surface area contributed by atoms with E-state index < -0.39 is 10.7 Å². The van der Waals surface area contributed by atoms with Crippen LogP contribution in [-0.2, 0) is 4.74 Å². The minimum atomic E-state index is -0.599. The average Bonchev–Trinajstić information content (AvgIpc) is 3.15. The molecule has 0 heterocycles. The summed E-state index contributed by atoms with van der Waals surface area (Å²) in [5.74, 6) is -0.599. The molecule has 0 bridgehead atoms. The van der Waals surface area contributed by atoms with Crippen molar-refractivity contribution in [3.8, 4) is 0 Å². The van der Waals surface area contributed by atoms with Gasteiger partial charge in [-0.15, -0.1) is 0 Å². The first kappa shape index (κ1) is 13.7. The Morgan fingerprint density at radius 1 is 1.53 bits per heavy atom. The molecule has 0 spiro atoms. The SMILES string of the molecule is COCCC1(CNc2ccc(F)cc2[N+](=O)[O-])CC1. The number of hydrogen-bond donors (Lipinski definition) is 1. The normalized spacial score (nSPS) is 16.1. The molecule has 1 N–H and O–H groups in total. The van der Waals surface area contributed by atoms with Gasteiger partial charge >= 0.3 is 0 Å². The molecule has 0 radical (unpaired) electrons. The first-order chi connectivity index (χ1) is 9.06. The van der Waals surface area contributed by atoms with Gasteiger partial charge in [-0.25, -0.2) is 4.39 Å². The van der Waals surface area contributed by atoms with Crippen LogP contribution in [0.25, 0.3) is 0 Å². The van der Waals surface area contributed by atoms with Gasteiger partial charge in [-0.1, -0.05) is 0 Å². The molecule has 0 atom stereocenters. The number of nitrogens with one attached hydrogen (secondary N) is 1. The van der Waals surface area contributed by atoms with Crippen molar-refractivity contribution in [3.63, 3.8) is 0 Å². The minimum absolute atomic E-state index is 0.179. The van der Waals surface area contributed by atoms with Crippen LogP contribution in [0.5, 0.6) is 0 Å². The molecule has 1 fully saturated rings. The molecule has 0 saturated heterocycles. The van der Waals surface area contributed by atoms with Crippen molar-refractivity contribution in [1.29, 1.82) is 0 Å². The maximum absolute atomic E-state index is 13.0. The molecule has 5 nitrogen and oxygen atoms in total. The summed E-state index contributed by atoms with van der Waals surface area (Å²) in [6.45, 7) is 1.34. The van der Waals surface area contributed by atoms with Crippen molar-refractivity contribution in [2.45, 2.75) is 19.3 Å². The predicted octanol–water partition coefficient (Wildman–Crippen LogP) is 2.96. The highest BCUT2D eigenvalue weighted by atomic mass is 19.1. The first-order valence-corrected chi connectivity index (χ1v) is 6.23. The maximum Gasteiger partial charge on any atom is 0.295 e. The molecule has 0 unspecified atom stereocenters. The van der Waals surface area contributed by atoms with Gasteiger partial charge in [0.2, 0.25) is 0 Å². The second kappa shape index (κ2) is 5.52. The van der Waals surface area contributed by atoms with Crippen molar-refractivity contribution in [1.82, 2.24) is 0 Å². The number of ether oxygens (including phenoxy) is 1. The van der Waals surface area contributed by atoms with Gasteiger partial charge in [0.05, 0.1) is 11.0 Å². The predicted molar refractivity (Wildman–Crippen MR) is 69.7 cm³/mol. The van der Waals surface area contributed by atoms with E-state index in [1.54, 1.807) is 7.11 Å². The summed E-state index contributed by atoms with van der Waals surface area (Å²) in [7, 11) is 1.66. The summed E-state index contributed by atoms with van der Waals surface area (Å²) >= 11 is 0. The van der Waals surface area contributed by atoms with Crippen molar-refractivity contribution >= 4 is 11.4 Å². The summed E-state index contributed by atoms with van der Waals surface area (Å²) in [4.78, 5) is 10.3. The molecular weight excluding hydrogens is 251 g/mol. The third kappa shape index (κ3) is 3.41. The third-order valence-electron chi connectivity index (χ3n) is 3.60. The lowest BCUT2D eigenvalue weighted by molar-refractivity contribution is -0.384. The van der Waals surface area contributed by atoms with E-state index in [0.29, 0.717) is 18.8 Å². The Bertz CT molecular complexity index is 475. The lowest BCUT2D eigenvalue weighted by Gasteiger charge is -2.16. The Morgan fingerprint density at radius 3 is 2.84 bits per heavy atom. The van der Waals surface area contributed by atoms with Gasteiger partial charge in [-0.05, 0) is 36.8 Å². The molecule has 2 rings (SSSR count). The fraction of sp³-hybridized carbons (Fsp3) is 0.538. The van der Waals surface area contributed by atoms with Crippen LogP contribution in [0.3, 0.4) is 0 Å². The van der Waals surface area contributed by atoms with Crippen LogP contribution < -0.4 is 5.32 Å². The molecule has 1 aromatic carbocycles. The van der Waals surface area contributed by atoms with E-state index >= 15 is 0 Å². The van der Waals surface area contributed by atoms with Gasteiger partial charge in [0.15, 0.2) is 0 Å².